The molecule has 3 aromatic rings. The van der Waals surface area contributed by atoms with E-state index in [9.17, 15) is 18.0 Å². The van der Waals surface area contributed by atoms with Gasteiger partial charge < -0.3 is 5.32 Å². The van der Waals surface area contributed by atoms with Crippen molar-refractivity contribution in [2.45, 2.75) is 56.9 Å². The van der Waals surface area contributed by atoms with E-state index in [4.69, 9.17) is 0 Å². The smallest absolute Gasteiger partial charge is 0.254 e. The first-order chi connectivity index (χ1) is 20.9. The maximum absolute atomic E-state index is 14.7. The molecule has 4 unspecified atom stereocenters. The molecule has 4 fully saturated rings. The first-order valence-corrected chi connectivity index (χ1v) is 17.2. The lowest BCUT2D eigenvalue weighted by Gasteiger charge is -2.62. The van der Waals surface area contributed by atoms with E-state index in [1.165, 1.54) is 36.8 Å². The Morgan fingerprint density at radius 3 is 2.02 bits per heavy atom. The summed E-state index contributed by atoms with van der Waals surface area (Å²) in [4.78, 5) is 38.6. The average Bonchev–Trinajstić information content (AvgIpc) is 3.23. The van der Waals surface area contributed by atoms with Crippen LogP contribution in [0.1, 0.15) is 55.1 Å². The van der Waals surface area contributed by atoms with Crippen LogP contribution in [-0.4, -0.2) is 53.3 Å². The van der Waals surface area contributed by atoms with E-state index in [1.54, 1.807) is 24.8 Å². The molecule has 3 saturated carbocycles. The van der Waals surface area contributed by atoms with Crippen LogP contribution in [0.2, 0.25) is 0 Å². The number of sulfone groups is 1. The number of aromatic nitrogens is 2. The highest BCUT2D eigenvalue weighted by Crippen LogP contribution is 2.63. The summed E-state index contributed by atoms with van der Waals surface area (Å²) in [6, 6.07) is 13.6. The van der Waals surface area contributed by atoms with Gasteiger partial charge in [0, 0.05) is 62.1 Å². The van der Waals surface area contributed by atoms with Crippen molar-refractivity contribution in [3.8, 4) is 0 Å². The minimum atomic E-state index is -3.39. The van der Waals surface area contributed by atoms with Gasteiger partial charge in [0.2, 0.25) is 0 Å². The Balaban J connectivity index is 1.38. The molecule has 1 N–H and O–H groups in total. The van der Waals surface area contributed by atoms with Gasteiger partial charge in [-0.3, -0.25) is 24.5 Å². The number of benzene rings is 1. The van der Waals surface area contributed by atoms with Crippen molar-refractivity contribution in [3.05, 3.63) is 102 Å². The fourth-order valence-corrected chi connectivity index (χ4v) is 8.47. The molecule has 4 atom stereocenters. The molecule has 3 aliphatic carbocycles. The summed E-state index contributed by atoms with van der Waals surface area (Å²) in [6.07, 6.45) is 12.7. The quantitative estimate of drug-likeness (QED) is 0.271. The lowest BCUT2D eigenvalue weighted by molar-refractivity contribution is -0.142. The summed E-state index contributed by atoms with van der Waals surface area (Å²) >= 11 is 0. The third-order valence-electron chi connectivity index (χ3n) is 10.6. The van der Waals surface area contributed by atoms with Gasteiger partial charge in [0.05, 0.1) is 4.90 Å². The summed E-state index contributed by atoms with van der Waals surface area (Å²) in [5.74, 6) is 2.18. The van der Waals surface area contributed by atoms with E-state index in [0.29, 0.717) is 59.9 Å². The molecule has 1 aromatic carbocycles. The number of hydrogen-bond donors (Lipinski definition) is 1. The van der Waals surface area contributed by atoms with Crippen molar-refractivity contribution in [2.75, 3.05) is 12.8 Å². The topological polar surface area (TPSA) is 109 Å². The molecule has 1 aliphatic heterocycles. The Hall–Kier alpha value is -3.85. The standard InChI is InChI=1S/C35H40N4O4S/c1-23-27(17-28-18-30(23)34(28,2)3)22-39-32(19-31(40)26-5-7-29(8-6-26)44(4,42)43)38-35(33(39)41,20-24-9-13-36-14-10-24)21-25-11-15-37-16-12-25/h5-16,19,23,27-28,30,38H,17-18,20-22H2,1-4H3. The maximum Gasteiger partial charge on any atom is 0.254 e. The van der Waals surface area contributed by atoms with E-state index in [-0.39, 0.29) is 16.6 Å². The maximum atomic E-state index is 14.7. The van der Waals surface area contributed by atoms with Crippen molar-refractivity contribution >= 4 is 21.5 Å². The number of nitrogens with zero attached hydrogens (tertiary/aromatic N) is 3. The van der Waals surface area contributed by atoms with Crippen LogP contribution in [0.4, 0.5) is 0 Å². The number of rotatable bonds is 9. The molecular formula is C35H40N4O4S. The second-order valence-corrected chi connectivity index (χ2v) is 15.6. The normalized spacial score (nSPS) is 26.2. The Morgan fingerprint density at radius 1 is 0.955 bits per heavy atom. The van der Waals surface area contributed by atoms with Gasteiger partial charge in [-0.15, -0.1) is 0 Å². The highest BCUT2D eigenvalue weighted by molar-refractivity contribution is 7.90. The number of carbonyl (C=O) groups is 2. The lowest BCUT2D eigenvalue weighted by atomic mass is 9.43. The van der Waals surface area contributed by atoms with Crippen LogP contribution in [0.15, 0.2) is 90.1 Å². The van der Waals surface area contributed by atoms with Gasteiger partial charge in [-0.2, -0.15) is 0 Å². The summed E-state index contributed by atoms with van der Waals surface area (Å²) < 4.78 is 23.9. The van der Waals surface area contributed by atoms with Gasteiger partial charge in [-0.25, -0.2) is 8.42 Å². The highest BCUT2D eigenvalue weighted by Gasteiger charge is 2.57. The van der Waals surface area contributed by atoms with Crippen LogP contribution >= 0.6 is 0 Å². The molecule has 4 aliphatic rings. The highest BCUT2D eigenvalue weighted by atomic mass is 32.2. The first kappa shape index (κ1) is 30.2. The summed E-state index contributed by atoms with van der Waals surface area (Å²) in [5.41, 5.74) is 1.59. The number of nitrogens with one attached hydrogen (secondary N) is 1. The van der Waals surface area contributed by atoms with Crippen LogP contribution in [0.5, 0.6) is 0 Å². The number of ketones is 1. The number of allylic oxidation sites excluding steroid dienone is 1. The molecule has 8 nitrogen and oxygen atoms in total. The number of pyridine rings is 2. The zero-order chi connectivity index (χ0) is 31.3. The molecule has 0 radical (unpaired) electrons. The van der Waals surface area contributed by atoms with Crippen molar-refractivity contribution in [2.24, 2.45) is 29.1 Å². The SMILES string of the molecule is CC1C(CN2C(=O)C(Cc3ccncc3)(Cc3ccncc3)NC2=CC(=O)c2ccc(S(C)(=O)=O)cc2)CC2CC1C2(C)C. The van der Waals surface area contributed by atoms with Crippen molar-refractivity contribution in [3.63, 3.8) is 0 Å². The van der Waals surface area contributed by atoms with E-state index in [0.717, 1.165) is 23.8 Å². The molecule has 44 heavy (non-hydrogen) atoms. The number of hydrogen-bond acceptors (Lipinski definition) is 7. The second-order valence-electron chi connectivity index (χ2n) is 13.6. The molecule has 230 valence electrons. The van der Waals surface area contributed by atoms with Crippen molar-refractivity contribution < 1.29 is 18.0 Å². The Kier molecular flexibility index (Phi) is 7.72. The summed E-state index contributed by atoms with van der Waals surface area (Å²) in [5, 5.41) is 3.56. The van der Waals surface area contributed by atoms with E-state index >= 15 is 0 Å². The Bertz CT molecular complexity index is 1650. The monoisotopic (exact) mass is 612 g/mol. The molecule has 9 heteroatoms. The van der Waals surface area contributed by atoms with E-state index in [2.05, 4.69) is 36.1 Å². The fourth-order valence-electron chi connectivity index (χ4n) is 7.84. The van der Waals surface area contributed by atoms with Crippen LogP contribution in [0, 0.1) is 29.1 Å². The lowest BCUT2D eigenvalue weighted by Crippen LogP contribution is -2.57. The van der Waals surface area contributed by atoms with Gasteiger partial charge in [0.25, 0.3) is 5.91 Å². The zero-order valence-corrected chi connectivity index (χ0v) is 26.5. The van der Waals surface area contributed by atoms with Gasteiger partial charge in [0.1, 0.15) is 11.4 Å². The third kappa shape index (κ3) is 5.58. The van der Waals surface area contributed by atoms with Crippen LogP contribution in [-0.2, 0) is 27.5 Å². The predicted octanol–water partition coefficient (Wildman–Crippen LogP) is 4.88. The Morgan fingerprint density at radius 2 is 1.52 bits per heavy atom. The van der Waals surface area contributed by atoms with E-state index in [1.807, 2.05) is 29.2 Å². The van der Waals surface area contributed by atoms with Gasteiger partial charge in [-0.1, -0.05) is 20.8 Å². The molecular weight excluding hydrogens is 572 g/mol. The first-order valence-electron chi connectivity index (χ1n) is 15.3. The van der Waals surface area contributed by atoms with E-state index < -0.39 is 15.4 Å². The second kappa shape index (κ2) is 11.3. The van der Waals surface area contributed by atoms with Gasteiger partial charge in [-0.05, 0) is 102 Å². The van der Waals surface area contributed by atoms with Crippen LogP contribution in [0.3, 0.4) is 0 Å². The number of amides is 1. The third-order valence-corrected chi connectivity index (χ3v) is 11.7. The molecule has 1 amide bonds. The Labute approximate surface area is 259 Å². The zero-order valence-electron chi connectivity index (χ0n) is 25.7. The summed E-state index contributed by atoms with van der Waals surface area (Å²) in [6.45, 7) is 7.60. The molecule has 3 heterocycles. The predicted molar refractivity (Wildman–Crippen MR) is 168 cm³/mol. The van der Waals surface area contributed by atoms with Gasteiger partial charge in [0.15, 0.2) is 15.6 Å². The minimum absolute atomic E-state index is 0.0525. The molecule has 1 saturated heterocycles. The molecule has 0 spiro atoms. The largest absolute Gasteiger partial charge is 0.357 e. The van der Waals surface area contributed by atoms with Crippen molar-refractivity contribution in [1.82, 2.24) is 20.2 Å². The minimum Gasteiger partial charge on any atom is -0.357 e. The molecule has 7 rings (SSSR count). The van der Waals surface area contributed by atoms with Gasteiger partial charge >= 0.3 is 0 Å². The molecule has 2 bridgehead atoms. The van der Waals surface area contributed by atoms with Crippen LogP contribution in [0.25, 0.3) is 0 Å². The van der Waals surface area contributed by atoms with Crippen LogP contribution < -0.4 is 5.32 Å². The molecule has 2 aromatic heterocycles. The van der Waals surface area contributed by atoms with Crippen molar-refractivity contribution in [1.29, 1.82) is 0 Å². The summed E-state index contributed by atoms with van der Waals surface area (Å²) in [7, 11) is -3.39. The number of carbonyl (C=O) groups excluding carboxylic acids is 2. The number of fused-ring (bicyclic) bond motifs is 2. The fraction of sp³-hybridized carbons (Fsp3) is 0.429. The average molecular weight is 613 g/mol.